The van der Waals surface area contributed by atoms with Gasteiger partial charge in [-0.05, 0) is 52.5 Å². The van der Waals surface area contributed by atoms with Gasteiger partial charge < -0.3 is 8.83 Å². The maximum Gasteiger partial charge on any atom is 0.164 e. The van der Waals surface area contributed by atoms with Crippen molar-refractivity contribution in [2.24, 2.45) is 0 Å². The number of furan rings is 2. The lowest BCUT2D eigenvalue weighted by Gasteiger charge is -2.09. The maximum atomic E-state index is 9.59. The topological polar surface area (TPSA) is 65.0 Å². The molecule has 0 saturated carbocycles. The molecular weight excluding hydrogens is 615 g/mol. The molecule has 10 rings (SSSR count). The highest BCUT2D eigenvalue weighted by atomic mass is 16.3. The van der Waals surface area contributed by atoms with E-state index in [-0.39, 0.29) is 0 Å². The van der Waals surface area contributed by atoms with Crippen LogP contribution in [0, 0.1) is 0 Å². The Bertz CT molecular complexity index is 4350. The van der Waals surface area contributed by atoms with Gasteiger partial charge in [0.2, 0.25) is 0 Å². The molecule has 50 heavy (non-hydrogen) atoms. The van der Waals surface area contributed by atoms with Crippen LogP contribution in [-0.2, 0) is 0 Å². The van der Waals surface area contributed by atoms with Crippen molar-refractivity contribution in [2.75, 3.05) is 0 Å². The van der Waals surface area contributed by atoms with Gasteiger partial charge in [0.05, 0.1) is 37.0 Å². The first-order valence-electron chi connectivity index (χ1n) is 27.9. The van der Waals surface area contributed by atoms with Crippen LogP contribution in [0.5, 0.6) is 0 Å². The molecule has 3 heterocycles. The summed E-state index contributed by atoms with van der Waals surface area (Å²) in [5.41, 5.74) is -7.25. The number of aromatic nitrogens is 3. The van der Waals surface area contributed by atoms with Crippen LogP contribution < -0.4 is 0 Å². The molecule has 0 saturated heterocycles. The fourth-order valence-electron chi connectivity index (χ4n) is 5.29. The number of nitrogens with zero attached hydrogens (tertiary/aromatic N) is 3. The van der Waals surface area contributed by atoms with Crippen LogP contribution in [-0.4, -0.2) is 15.0 Å². The molecule has 0 spiro atoms. The third-order valence-corrected chi connectivity index (χ3v) is 7.45. The Labute approximate surface area is 325 Å². The highest BCUT2D eigenvalue weighted by Crippen LogP contribution is 2.42. The molecule has 10 aromatic rings. The second kappa shape index (κ2) is 11.4. The molecule has 7 aromatic carbocycles. The van der Waals surface area contributed by atoms with Gasteiger partial charge in [-0.1, -0.05) is 133 Å². The summed E-state index contributed by atoms with van der Waals surface area (Å²) in [4.78, 5) is 12.8. The average molecular weight is 669 g/mol. The molecular formula is C45H27N3O2. The van der Waals surface area contributed by atoms with Gasteiger partial charge in [-0.2, -0.15) is 0 Å². The number of hydrogen-bond donors (Lipinski definition) is 0. The molecule has 0 amide bonds. The van der Waals surface area contributed by atoms with Gasteiger partial charge >= 0.3 is 0 Å². The Morgan fingerprint density at radius 3 is 1.44 bits per heavy atom. The van der Waals surface area contributed by atoms with Crippen LogP contribution in [0.3, 0.4) is 0 Å². The van der Waals surface area contributed by atoms with E-state index in [0.29, 0.717) is 0 Å². The van der Waals surface area contributed by atoms with Crippen LogP contribution in [0.15, 0.2) is 172 Å². The second-order valence-corrected chi connectivity index (χ2v) is 10.3. The molecule has 234 valence electrons. The summed E-state index contributed by atoms with van der Waals surface area (Å²) in [6.45, 7) is 0. The van der Waals surface area contributed by atoms with Crippen LogP contribution in [0.25, 0.3) is 100 Å². The summed E-state index contributed by atoms with van der Waals surface area (Å²) in [5, 5.41) is -1.81. The van der Waals surface area contributed by atoms with Crippen LogP contribution in [0.2, 0.25) is 0 Å². The smallest absolute Gasteiger partial charge is 0.164 e. The fourth-order valence-corrected chi connectivity index (χ4v) is 5.29. The van der Waals surface area contributed by atoms with Gasteiger partial charge in [0, 0.05) is 38.2 Å². The molecule has 0 fully saturated rings. The summed E-state index contributed by atoms with van der Waals surface area (Å²) < 4.78 is 248. The molecule has 0 N–H and O–H groups in total. The Hall–Kier alpha value is -6.85. The summed E-state index contributed by atoms with van der Waals surface area (Å²) in [6.07, 6.45) is 0. The summed E-state index contributed by atoms with van der Waals surface area (Å²) in [5.74, 6) is -2.56. The molecule has 5 nitrogen and oxygen atoms in total. The van der Waals surface area contributed by atoms with Gasteiger partial charge in [0.1, 0.15) is 22.3 Å². The lowest BCUT2D eigenvalue weighted by Crippen LogP contribution is -2.00. The Kier molecular flexibility index (Phi) is 2.79. The Morgan fingerprint density at radius 1 is 0.340 bits per heavy atom. The van der Waals surface area contributed by atoms with E-state index in [1.165, 1.54) is 0 Å². The summed E-state index contributed by atoms with van der Waals surface area (Å²) in [7, 11) is 0. The van der Waals surface area contributed by atoms with Gasteiger partial charge in [0.15, 0.2) is 17.5 Å². The predicted molar refractivity (Wildman–Crippen MR) is 202 cm³/mol. The van der Waals surface area contributed by atoms with Crippen molar-refractivity contribution in [1.29, 1.82) is 0 Å². The number of para-hydroxylation sites is 1. The van der Waals surface area contributed by atoms with Gasteiger partial charge in [-0.3, -0.25) is 0 Å². The molecule has 0 aliphatic carbocycles. The third kappa shape index (κ3) is 4.67. The molecule has 3 aromatic heterocycles. The van der Waals surface area contributed by atoms with Crippen LogP contribution in [0.1, 0.15) is 37.0 Å². The fraction of sp³-hybridized carbons (Fsp3) is 0. The molecule has 0 radical (unpaired) electrons. The SMILES string of the molecule is [2H]c1c([2H])c([2H])c(-c2nc(-c3c([2H])c([2H])c(-c4c([2H])c([2H])c([2H])c([2H])c4[2H])c([2H])c3[2H])nc(-c3c([2H])c([2H])c4c(oc5c([2H])c([2H])c([2H])c(-c6c([2H])c([2H])c([2H])c7oc8c([2H])c([2H])c([2H])c([2H])c8c67)c54)c3[2H])n2)c([2H])c1[2H]. The first-order chi connectivity index (χ1) is 36.0. The van der Waals surface area contributed by atoms with Crippen LogP contribution in [0.4, 0.5) is 0 Å². The zero-order chi connectivity index (χ0) is 56.5. The minimum atomic E-state index is -1.01. The second-order valence-electron chi connectivity index (χ2n) is 10.3. The maximum absolute atomic E-state index is 9.59. The Balaban J connectivity index is 1.33. The molecule has 0 atom stereocenters. The molecule has 0 aliphatic heterocycles. The van der Waals surface area contributed by atoms with Crippen molar-refractivity contribution in [3.8, 4) is 56.4 Å². The van der Waals surface area contributed by atoms with Gasteiger partial charge in [0.25, 0.3) is 0 Å². The molecule has 0 bridgehead atoms. The van der Waals surface area contributed by atoms with Crippen molar-refractivity contribution in [3.05, 3.63) is 163 Å². The summed E-state index contributed by atoms with van der Waals surface area (Å²) >= 11 is 0. The largest absolute Gasteiger partial charge is 0.456 e. The predicted octanol–water partition coefficient (Wildman–Crippen LogP) is 12.0. The number of rotatable bonds is 5. The van der Waals surface area contributed by atoms with Crippen molar-refractivity contribution < 1.29 is 45.8 Å². The number of benzene rings is 7. The van der Waals surface area contributed by atoms with Crippen molar-refractivity contribution in [3.63, 3.8) is 0 Å². The zero-order valence-electron chi connectivity index (χ0n) is 51.7. The monoisotopic (exact) mass is 668 g/mol. The normalized spacial score (nSPS) is 19.2. The van der Waals surface area contributed by atoms with Crippen molar-refractivity contribution in [1.82, 2.24) is 15.0 Å². The Morgan fingerprint density at radius 2 is 0.780 bits per heavy atom. The van der Waals surface area contributed by atoms with E-state index in [0.717, 1.165) is 0 Å². The van der Waals surface area contributed by atoms with E-state index in [1.807, 2.05) is 0 Å². The van der Waals surface area contributed by atoms with Gasteiger partial charge in [-0.15, -0.1) is 0 Å². The minimum Gasteiger partial charge on any atom is -0.456 e. The van der Waals surface area contributed by atoms with Crippen LogP contribution >= 0.6 is 0 Å². The minimum absolute atomic E-state index is 0.395. The van der Waals surface area contributed by atoms with E-state index in [2.05, 4.69) is 15.0 Å². The molecule has 0 unspecified atom stereocenters. The lowest BCUT2D eigenvalue weighted by atomic mass is 9.95. The third-order valence-electron chi connectivity index (χ3n) is 7.45. The van der Waals surface area contributed by atoms with E-state index in [4.69, 9.17) is 39.0 Å². The number of hydrogen-bond acceptors (Lipinski definition) is 5. The van der Waals surface area contributed by atoms with Crippen molar-refractivity contribution >= 4 is 43.9 Å². The van der Waals surface area contributed by atoms with E-state index in [1.54, 1.807) is 0 Å². The van der Waals surface area contributed by atoms with E-state index >= 15 is 0 Å². The molecule has 5 heteroatoms. The average Bonchev–Trinajstić information content (AvgIpc) is 4.22. The van der Waals surface area contributed by atoms with E-state index in [9.17, 15) is 6.85 Å². The zero-order valence-corrected chi connectivity index (χ0v) is 24.7. The number of fused-ring (bicyclic) bond motifs is 6. The highest BCUT2D eigenvalue weighted by Gasteiger charge is 2.19. The first-order valence-corrected chi connectivity index (χ1v) is 14.4. The highest BCUT2D eigenvalue weighted by molar-refractivity contribution is 6.19. The van der Waals surface area contributed by atoms with Crippen molar-refractivity contribution in [2.45, 2.75) is 0 Å². The summed E-state index contributed by atoms with van der Waals surface area (Å²) in [6, 6.07) is -23.5. The first kappa shape index (κ1) is 12.2. The standard InChI is InChI=1S/C45H27N3O2/c1-3-11-28(12-4-1)29-21-23-31(24-22-29)44-46-43(30-13-5-2-6-14-30)47-45(48-44)32-25-26-36-40(27-32)50-39-20-10-17-34(42(36)39)33-16-9-19-38-41(33)35-15-7-8-18-37(35)49-38/h1-27H/i1D,2D,3D,4D,5D,6D,7D,8D,9D,10D,11D,12D,13D,14D,15D,16D,17D,18D,19D,20D,21D,22D,23D,24D,25D,26D,27D. The lowest BCUT2D eigenvalue weighted by molar-refractivity contribution is 0.668. The van der Waals surface area contributed by atoms with E-state index < -0.39 is 263 Å². The quantitative estimate of drug-likeness (QED) is 0.183. The molecule has 0 aliphatic rings. The van der Waals surface area contributed by atoms with Gasteiger partial charge in [-0.25, -0.2) is 15.0 Å².